The second kappa shape index (κ2) is 6.97. The van der Waals surface area contributed by atoms with Gasteiger partial charge in [0.25, 0.3) is 0 Å². The van der Waals surface area contributed by atoms with Gasteiger partial charge < -0.3 is 11.1 Å². The predicted octanol–water partition coefficient (Wildman–Crippen LogP) is 1.88. The Labute approximate surface area is 112 Å². The molecule has 0 aliphatic carbocycles. The van der Waals surface area contributed by atoms with E-state index in [4.69, 9.17) is 5.73 Å². The smallest absolute Gasteiger partial charge is 0.127 e. The standard InChI is InChI=1S/C15H18FN3/c16-15-6-2-1-5-13(15)11-19-14(9-17)8-12-4-3-7-18-10-12/h1-7,10,14,19H,8-9,11,17H2. The SMILES string of the molecule is NCC(Cc1cccnc1)NCc1ccccc1F. The average Bonchev–Trinajstić information content (AvgIpc) is 2.46. The summed E-state index contributed by atoms with van der Waals surface area (Å²) in [7, 11) is 0. The van der Waals surface area contributed by atoms with Crippen LogP contribution in [0.1, 0.15) is 11.1 Å². The molecular weight excluding hydrogens is 241 g/mol. The molecule has 0 saturated carbocycles. The number of nitrogens with one attached hydrogen (secondary N) is 1. The van der Waals surface area contributed by atoms with Crippen molar-refractivity contribution in [2.75, 3.05) is 6.54 Å². The van der Waals surface area contributed by atoms with Crippen LogP contribution in [0.2, 0.25) is 0 Å². The van der Waals surface area contributed by atoms with Crippen LogP contribution in [0, 0.1) is 5.82 Å². The Kier molecular flexibility index (Phi) is 5.01. The van der Waals surface area contributed by atoms with Crippen LogP contribution in [0.3, 0.4) is 0 Å². The van der Waals surface area contributed by atoms with Gasteiger partial charge in [-0.3, -0.25) is 4.98 Å². The minimum Gasteiger partial charge on any atom is -0.329 e. The van der Waals surface area contributed by atoms with Gasteiger partial charge in [0.05, 0.1) is 0 Å². The van der Waals surface area contributed by atoms with Crippen molar-refractivity contribution in [3.05, 3.63) is 65.7 Å². The van der Waals surface area contributed by atoms with Crippen LogP contribution in [0.5, 0.6) is 0 Å². The topological polar surface area (TPSA) is 50.9 Å². The van der Waals surface area contributed by atoms with E-state index in [1.807, 2.05) is 24.4 Å². The van der Waals surface area contributed by atoms with Crippen LogP contribution in [0.25, 0.3) is 0 Å². The third kappa shape index (κ3) is 4.12. The molecule has 3 nitrogen and oxygen atoms in total. The van der Waals surface area contributed by atoms with Crippen molar-refractivity contribution in [3.8, 4) is 0 Å². The first-order valence-electron chi connectivity index (χ1n) is 6.35. The van der Waals surface area contributed by atoms with E-state index in [2.05, 4.69) is 10.3 Å². The van der Waals surface area contributed by atoms with Crippen molar-refractivity contribution in [2.45, 2.75) is 19.0 Å². The lowest BCUT2D eigenvalue weighted by Crippen LogP contribution is -2.37. The highest BCUT2D eigenvalue weighted by Gasteiger charge is 2.08. The number of benzene rings is 1. The Balaban J connectivity index is 1.91. The molecule has 2 rings (SSSR count). The lowest BCUT2D eigenvalue weighted by atomic mass is 10.1. The molecule has 19 heavy (non-hydrogen) atoms. The van der Waals surface area contributed by atoms with Crippen LogP contribution in [0.4, 0.5) is 4.39 Å². The summed E-state index contributed by atoms with van der Waals surface area (Å²) < 4.78 is 13.5. The van der Waals surface area contributed by atoms with Crippen LogP contribution in [-0.2, 0) is 13.0 Å². The van der Waals surface area contributed by atoms with E-state index in [9.17, 15) is 4.39 Å². The molecule has 0 fully saturated rings. The summed E-state index contributed by atoms with van der Waals surface area (Å²) in [5.41, 5.74) is 7.53. The minimum atomic E-state index is -0.188. The van der Waals surface area contributed by atoms with Gasteiger partial charge in [-0.2, -0.15) is 0 Å². The highest BCUT2D eigenvalue weighted by molar-refractivity contribution is 5.17. The second-order valence-corrected chi connectivity index (χ2v) is 4.47. The van der Waals surface area contributed by atoms with Crippen LogP contribution >= 0.6 is 0 Å². The molecule has 1 heterocycles. The van der Waals surface area contributed by atoms with E-state index < -0.39 is 0 Å². The molecule has 100 valence electrons. The molecule has 4 heteroatoms. The second-order valence-electron chi connectivity index (χ2n) is 4.47. The van der Waals surface area contributed by atoms with Gasteiger partial charge in [0.15, 0.2) is 0 Å². The number of nitrogens with zero attached hydrogens (tertiary/aromatic N) is 1. The Morgan fingerprint density at radius 1 is 1.21 bits per heavy atom. The van der Waals surface area contributed by atoms with Gasteiger partial charge in [-0.25, -0.2) is 4.39 Å². The molecule has 0 aliphatic rings. The van der Waals surface area contributed by atoms with Crippen molar-refractivity contribution in [1.82, 2.24) is 10.3 Å². The number of pyridine rings is 1. The number of hydrogen-bond acceptors (Lipinski definition) is 3. The van der Waals surface area contributed by atoms with E-state index in [0.29, 0.717) is 18.7 Å². The molecule has 0 aliphatic heterocycles. The lowest BCUT2D eigenvalue weighted by molar-refractivity contribution is 0.502. The molecule has 1 aromatic carbocycles. The van der Waals surface area contributed by atoms with Gasteiger partial charge in [0.1, 0.15) is 5.82 Å². The van der Waals surface area contributed by atoms with Crippen LogP contribution in [0.15, 0.2) is 48.8 Å². The first-order valence-corrected chi connectivity index (χ1v) is 6.35. The van der Waals surface area contributed by atoms with E-state index in [0.717, 1.165) is 12.0 Å². The first kappa shape index (κ1) is 13.6. The monoisotopic (exact) mass is 259 g/mol. The molecule has 0 amide bonds. The van der Waals surface area contributed by atoms with E-state index in [-0.39, 0.29) is 11.9 Å². The molecule has 0 spiro atoms. The zero-order valence-corrected chi connectivity index (χ0v) is 10.7. The molecule has 1 aromatic heterocycles. The largest absolute Gasteiger partial charge is 0.329 e. The molecular formula is C15H18FN3. The fourth-order valence-electron chi connectivity index (χ4n) is 1.94. The fourth-order valence-corrected chi connectivity index (χ4v) is 1.94. The summed E-state index contributed by atoms with van der Waals surface area (Å²) in [6, 6.07) is 10.8. The third-order valence-corrected chi connectivity index (χ3v) is 3.03. The maximum atomic E-state index is 13.5. The summed E-state index contributed by atoms with van der Waals surface area (Å²) in [6.45, 7) is 0.984. The van der Waals surface area contributed by atoms with Gasteiger partial charge >= 0.3 is 0 Å². The molecule has 1 atom stereocenters. The molecule has 2 aromatic rings. The molecule has 0 radical (unpaired) electrons. The number of hydrogen-bond donors (Lipinski definition) is 2. The number of rotatable bonds is 6. The van der Waals surface area contributed by atoms with Crippen molar-refractivity contribution < 1.29 is 4.39 Å². The Morgan fingerprint density at radius 2 is 2.05 bits per heavy atom. The molecule has 0 bridgehead atoms. The summed E-state index contributed by atoms with van der Waals surface area (Å²) in [6.07, 6.45) is 4.36. The quantitative estimate of drug-likeness (QED) is 0.833. The van der Waals surface area contributed by atoms with Crippen LogP contribution in [-0.4, -0.2) is 17.6 Å². The zero-order valence-electron chi connectivity index (χ0n) is 10.7. The summed E-state index contributed by atoms with van der Waals surface area (Å²) in [5, 5.41) is 3.28. The predicted molar refractivity (Wildman–Crippen MR) is 74.0 cm³/mol. The van der Waals surface area contributed by atoms with Gasteiger partial charge in [0, 0.05) is 37.1 Å². The number of halogens is 1. The van der Waals surface area contributed by atoms with Crippen molar-refractivity contribution in [1.29, 1.82) is 0 Å². The Bertz CT molecular complexity index is 502. The van der Waals surface area contributed by atoms with E-state index >= 15 is 0 Å². The van der Waals surface area contributed by atoms with Gasteiger partial charge in [-0.05, 0) is 24.1 Å². The zero-order chi connectivity index (χ0) is 13.5. The van der Waals surface area contributed by atoms with Crippen molar-refractivity contribution in [2.24, 2.45) is 5.73 Å². The summed E-state index contributed by atoms with van der Waals surface area (Å²) >= 11 is 0. The number of aromatic nitrogens is 1. The van der Waals surface area contributed by atoms with E-state index in [1.165, 1.54) is 6.07 Å². The maximum absolute atomic E-state index is 13.5. The van der Waals surface area contributed by atoms with Crippen LogP contribution < -0.4 is 11.1 Å². The van der Waals surface area contributed by atoms with Crippen molar-refractivity contribution in [3.63, 3.8) is 0 Å². The normalized spacial score (nSPS) is 12.3. The summed E-state index contributed by atoms with van der Waals surface area (Å²) in [5.74, 6) is -0.188. The summed E-state index contributed by atoms with van der Waals surface area (Å²) in [4.78, 5) is 4.08. The maximum Gasteiger partial charge on any atom is 0.127 e. The fraction of sp³-hybridized carbons (Fsp3) is 0.267. The Morgan fingerprint density at radius 3 is 2.74 bits per heavy atom. The number of nitrogens with two attached hydrogens (primary N) is 1. The highest BCUT2D eigenvalue weighted by atomic mass is 19.1. The highest BCUT2D eigenvalue weighted by Crippen LogP contribution is 2.07. The lowest BCUT2D eigenvalue weighted by Gasteiger charge is -2.17. The first-order chi connectivity index (χ1) is 9.29. The van der Waals surface area contributed by atoms with Gasteiger partial charge in [-0.15, -0.1) is 0 Å². The van der Waals surface area contributed by atoms with E-state index in [1.54, 1.807) is 18.3 Å². The van der Waals surface area contributed by atoms with Gasteiger partial charge in [0.2, 0.25) is 0 Å². The Hall–Kier alpha value is -1.78. The van der Waals surface area contributed by atoms with Crippen molar-refractivity contribution >= 4 is 0 Å². The molecule has 1 unspecified atom stereocenters. The molecule has 3 N–H and O–H groups in total. The average molecular weight is 259 g/mol. The molecule has 0 saturated heterocycles. The third-order valence-electron chi connectivity index (χ3n) is 3.03. The van der Waals surface area contributed by atoms with Gasteiger partial charge in [-0.1, -0.05) is 24.3 Å². The minimum absolute atomic E-state index is 0.115.